The number of rotatable bonds is 4. The molecule has 4 heteroatoms. The molecule has 21 heavy (non-hydrogen) atoms. The molecule has 1 aliphatic carbocycles. The van der Waals surface area contributed by atoms with Crippen LogP contribution in [-0.4, -0.2) is 16.5 Å². The minimum Gasteiger partial charge on any atom is -0.369 e. The standard InChI is InChI=1S/C17H28BrN3/c1-4-19-17-14(18)15(12(2)3)20-16(21-17)13-10-8-6-5-7-9-11-13/h12-13H,4-11H2,1-3H3,(H,19,20,21). The van der Waals surface area contributed by atoms with Crippen LogP contribution in [-0.2, 0) is 0 Å². The molecule has 1 aromatic heterocycles. The summed E-state index contributed by atoms with van der Waals surface area (Å²) in [7, 11) is 0. The molecule has 118 valence electrons. The zero-order valence-electron chi connectivity index (χ0n) is 13.6. The highest BCUT2D eigenvalue weighted by Crippen LogP contribution is 2.34. The Hall–Kier alpha value is -0.640. The number of hydrogen-bond donors (Lipinski definition) is 1. The average molecular weight is 354 g/mol. The molecule has 1 aromatic rings. The van der Waals surface area contributed by atoms with E-state index >= 15 is 0 Å². The van der Waals surface area contributed by atoms with E-state index in [2.05, 4.69) is 42.0 Å². The van der Waals surface area contributed by atoms with Gasteiger partial charge in [-0.05, 0) is 41.6 Å². The lowest BCUT2D eigenvalue weighted by Crippen LogP contribution is -2.13. The van der Waals surface area contributed by atoms with E-state index in [1.807, 2.05) is 0 Å². The second-order valence-corrected chi connectivity index (χ2v) is 7.15. The monoisotopic (exact) mass is 353 g/mol. The zero-order valence-corrected chi connectivity index (χ0v) is 15.2. The molecule has 0 aliphatic heterocycles. The third-order valence-electron chi connectivity index (χ3n) is 4.26. The summed E-state index contributed by atoms with van der Waals surface area (Å²) in [6, 6.07) is 0. The van der Waals surface area contributed by atoms with Gasteiger partial charge in [-0.1, -0.05) is 46.0 Å². The molecule has 1 saturated carbocycles. The Bertz CT molecular complexity index is 452. The summed E-state index contributed by atoms with van der Waals surface area (Å²) in [5.41, 5.74) is 1.14. The Morgan fingerprint density at radius 3 is 2.29 bits per heavy atom. The maximum Gasteiger partial charge on any atom is 0.144 e. The molecule has 1 heterocycles. The number of nitrogens with zero attached hydrogens (tertiary/aromatic N) is 2. The first kappa shape index (κ1) is 16.7. The van der Waals surface area contributed by atoms with Crippen molar-refractivity contribution in [1.29, 1.82) is 0 Å². The van der Waals surface area contributed by atoms with Crippen LogP contribution in [0.4, 0.5) is 5.82 Å². The molecular weight excluding hydrogens is 326 g/mol. The van der Waals surface area contributed by atoms with Crippen LogP contribution in [0.3, 0.4) is 0 Å². The third-order valence-corrected chi connectivity index (χ3v) is 5.04. The van der Waals surface area contributed by atoms with Gasteiger partial charge < -0.3 is 5.32 Å². The topological polar surface area (TPSA) is 37.8 Å². The third kappa shape index (κ3) is 4.41. The van der Waals surface area contributed by atoms with Crippen LogP contribution < -0.4 is 5.32 Å². The predicted octanol–water partition coefficient (Wildman–Crippen LogP) is 5.62. The van der Waals surface area contributed by atoms with Gasteiger partial charge in [0, 0.05) is 12.5 Å². The molecule has 1 aliphatic rings. The van der Waals surface area contributed by atoms with Gasteiger partial charge in [0.1, 0.15) is 11.6 Å². The molecule has 1 N–H and O–H groups in total. The highest BCUT2D eigenvalue weighted by Gasteiger charge is 2.21. The fourth-order valence-corrected chi connectivity index (χ4v) is 3.82. The molecule has 0 bridgehead atoms. The second-order valence-electron chi connectivity index (χ2n) is 6.36. The van der Waals surface area contributed by atoms with Crippen molar-refractivity contribution in [3.8, 4) is 0 Å². The van der Waals surface area contributed by atoms with Crippen LogP contribution in [0.2, 0.25) is 0 Å². The van der Waals surface area contributed by atoms with E-state index in [1.165, 1.54) is 44.9 Å². The summed E-state index contributed by atoms with van der Waals surface area (Å²) < 4.78 is 1.04. The van der Waals surface area contributed by atoms with Crippen LogP contribution in [0.5, 0.6) is 0 Å². The van der Waals surface area contributed by atoms with E-state index in [0.29, 0.717) is 11.8 Å². The normalized spacial score (nSPS) is 17.6. The molecule has 0 spiro atoms. The molecule has 3 nitrogen and oxygen atoms in total. The Balaban J connectivity index is 2.32. The molecule has 0 aromatic carbocycles. The molecule has 0 atom stereocenters. The van der Waals surface area contributed by atoms with Gasteiger partial charge in [-0.2, -0.15) is 0 Å². The van der Waals surface area contributed by atoms with Crippen LogP contribution in [0.25, 0.3) is 0 Å². The van der Waals surface area contributed by atoms with Gasteiger partial charge in [-0.3, -0.25) is 0 Å². The van der Waals surface area contributed by atoms with Gasteiger partial charge >= 0.3 is 0 Å². The lowest BCUT2D eigenvalue weighted by atomic mass is 9.90. The van der Waals surface area contributed by atoms with Crippen LogP contribution in [0, 0.1) is 0 Å². The van der Waals surface area contributed by atoms with E-state index in [1.54, 1.807) is 0 Å². The van der Waals surface area contributed by atoms with Crippen LogP contribution in [0.1, 0.15) is 89.1 Å². The van der Waals surface area contributed by atoms with Crippen molar-refractivity contribution in [1.82, 2.24) is 9.97 Å². The molecule has 1 fully saturated rings. The largest absolute Gasteiger partial charge is 0.369 e. The van der Waals surface area contributed by atoms with E-state index in [9.17, 15) is 0 Å². The number of anilines is 1. The van der Waals surface area contributed by atoms with Crippen LogP contribution in [0.15, 0.2) is 4.47 Å². The lowest BCUT2D eigenvalue weighted by Gasteiger charge is -2.21. The van der Waals surface area contributed by atoms with Gasteiger partial charge in [0.2, 0.25) is 0 Å². The minimum absolute atomic E-state index is 0.409. The molecule has 0 saturated heterocycles. The van der Waals surface area contributed by atoms with Crippen LogP contribution >= 0.6 is 15.9 Å². The zero-order chi connectivity index (χ0) is 15.2. The van der Waals surface area contributed by atoms with Crippen molar-refractivity contribution < 1.29 is 0 Å². The molecule has 0 amide bonds. The van der Waals surface area contributed by atoms with Gasteiger partial charge in [0.05, 0.1) is 10.2 Å². The number of nitrogens with one attached hydrogen (secondary N) is 1. The van der Waals surface area contributed by atoms with Crippen molar-refractivity contribution in [3.63, 3.8) is 0 Å². The fraction of sp³-hybridized carbons (Fsp3) is 0.765. The van der Waals surface area contributed by atoms with Gasteiger partial charge in [-0.15, -0.1) is 0 Å². The highest BCUT2D eigenvalue weighted by atomic mass is 79.9. The number of halogens is 1. The van der Waals surface area contributed by atoms with E-state index in [-0.39, 0.29) is 0 Å². The molecule has 0 radical (unpaired) electrons. The lowest BCUT2D eigenvalue weighted by molar-refractivity contribution is 0.441. The van der Waals surface area contributed by atoms with Gasteiger partial charge in [0.15, 0.2) is 0 Å². The maximum absolute atomic E-state index is 4.91. The van der Waals surface area contributed by atoms with Crippen molar-refractivity contribution in [3.05, 3.63) is 16.0 Å². The van der Waals surface area contributed by atoms with Crippen molar-refractivity contribution >= 4 is 21.7 Å². The number of aromatic nitrogens is 2. The SMILES string of the molecule is CCNc1nc(C2CCCCCCC2)nc(C(C)C)c1Br. The van der Waals surface area contributed by atoms with Crippen molar-refractivity contribution in [2.24, 2.45) is 0 Å². The Labute approximate surface area is 137 Å². The summed E-state index contributed by atoms with van der Waals surface area (Å²) in [5.74, 6) is 2.97. The highest BCUT2D eigenvalue weighted by molar-refractivity contribution is 9.10. The first-order valence-corrected chi connectivity index (χ1v) is 9.24. The number of hydrogen-bond acceptors (Lipinski definition) is 3. The minimum atomic E-state index is 0.409. The summed E-state index contributed by atoms with van der Waals surface area (Å²) in [6.07, 6.45) is 9.24. The maximum atomic E-state index is 4.91. The Morgan fingerprint density at radius 1 is 1.10 bits per heavy atom. The van der Waals surface area contributed by atoms with E-state index < -0.39 is 0 Å². The summed E-state index contributed by atoms with van der Waals surface area (Å²) >= 11 is 3.68. The molecular formula is C17H28BrN3. The first-order chi connectivity index (χ1) is 10.1. The second kappa shape index (κ2) is 8.11. The quantitative estimate of drug-likeness (QED) is 0.762. The Morgan fingerprint density at radius 2 is 1.71 bits per heavy atom. The van der Waals surface area contributed by atoms with Gasteiger partial charge in [0.25, 0.3) is 0 Å². The summed E-state index contributed by atoms with van der Waals surface area (Å²) in [5, 5.41) is 3.38. The summed E-state index contributed by atoms with van der Waals surface area (Å²) in [6.45, 7) is 7.39. The smallest absolute Gasteiger partial charge is 0.144 e. The van der Waals surface area contributed by atoms with E-state index in [0.717, 1.165) is 28.4 Å². The Kier molecular flexibility index (Phi) is 6.46. The van der Waals surface area contributed by atoms with Gasteiger partial charge in [-0.25, -0.2) is 9.97 Å². The fourth-order valence-electron chi connectivity index (χ4n) is 3.05. The average Bonchev–Trinajstić information content (AvgIpc) is 2.41. The molecule has 0 unspecified atom stereocenters. The first-order valence-electron chi connectivity index (χ1n) is 8.44. The molecule has 2 rings (SSSR count). The van der Waals surface area contributed by atoms with E-state index in [4.69, 9.17) is 9.97 Å². The summed E-state index contributed by atoms with van der Waals surface area (Å²) in [4.78, 5) is 9.74. The predicted molar refractivity (Wildman–Crippen MR) is 93.0 cm³/mol. The van der Waals surface area contributed by atoms with Crippen molar-refractivity contribution in [2.75, 3.05) is 11.9 Å². The van der Waals surface area contributed by atoms with Crippen molar-refractivity contribution in [2.45, 2.75) is 77.6 Å².